The van der Waals surface area contributed by atoms with Gasteiger partial charge in [-0.2, -0.15) is 5.10 Å². The number of aromatic nitrogens is 2. The molecule has 0 fully saturated rings. The molecular formula is C19H23ClN4O4. The number of aromatic hydroxyl groups is 1. The van der Waals surface area contributed by atoms with Gasteiger partial charge >= 0.3 is 6.09 Å². The number of phenols is 1. The quantitative estimate of drug-likeness (QED) is 0.745. The van der Waals surface area contributed by atoms with Crippen molar-refractivity contribution in [3.05, 3.63) is 40.2 Å². The number of amides is 2. The van der Waals surface area contributed by atoms with Gasteiger partial charge in [0.25, 0.3) is 5.91 Å². The van der Waals surface area contributed by atoms with Crippen molar-refractivity contribution < 1.29 is 19.4 Å². The van der Waals surface area contributed by atoms with Crippen LogP contribution < -0.4 is 5.32 Å². The highest BCUT2D eigenvalue weighted by molar-refractivity contribution is 6.31. The van der Waals surface area contributed by atoms with Crippen molar-refractivity contribution in [3.63, 3.8) is 0 Å². The number of ether oxygens (including phenoxy) is 1. The van der Waals surface area contributed by atoms with Crippen LogP contribution in [0.3, 0.4) is 0 Å². The van der Waals surface area contributed by atoms with E-state index in [1.807, 2.05) is 0 Å². The van der Waals surface area contributed by atoms with Gasteiger partial charge in [0.2, 0.25) is 0 Å². The minimum Gasteiger partial charge on any atom is -0.506 e. The second-order valence-corrected chi connectivity index (χ2v) is 8.10. The van der Waals surface area contributed by atoms with E-state index in [9.17, 15) is 14.7 Å². The molecule has 2 heterocycles. The number of nitrogens with zero attached hydrogens (tertiary/aromatic N) is 3. The third-order valence-corrected chi connectivity index (χ3v) is 4.50. The van der Waals surface area contributed by atoms with Crippen molar-refractivity contribution in [1.82, 2.24) is 14.7 Å². The number of hydrogen-bond acceptors (Lipinski definition) is 5. The zero-order valence-electron chi connectivity index (χ0n) is 16.2. The van der Waals surface area contributed by atoms with Gasteiger partial charge in [-0.25, -0.2) is 4.79 Å². The highest BCUT2D eigenvalue weighted by atomic mass is 35.5. The molecule has 8 nitrogen and oxygen atoms in total. The first-order valence-corrected chi connectivity index (χ1v) is 9.25. The molecule has 3 rings (SSSR count). The van der Waals surface area contributed by atoms with E-state index in [-0.39, 0.29) is 18.0 Å². The van der Waals surface area contributed by atoms with Gasteiger partial charge in [0.15, 0.2) is 0 Å². The van der Waals surface area contributed by atoms with Crippen molar-refractivity contribution in [1.29, 1.82) is 0 Å². The summed E-state index contributed by atoms with van der Waals surface area (Å²) in [5.74, 6) is -0.538. The minimum absolute atomic E-state index is 0.0934. The maximum absolute atomic E-state index is 12.9. The van der Waals surface area contributed by atoms with E-state index in [1.165, 1.54) is 22.9 Å². The van der Waals surface area contributed by atoms with E-state index in [0.717, 1.165) is 5.69 Å². The third-order valence-electron chi connectivity index (χ3n) is 4.27. The van der Waals surface area contributed by atoms with Gasteiger partial charge in [-0.3, -0.25) is 9.48 Å². The fourth-order valence-electron chi connectivity index (χ4n) is 3.06. The van der Waals surface area contributed by atoms with E-state index >= 15 is 0 Å². The summed E-state index contributed by atoms with van der Waals surface area (Å²) in [5, 5.41) is 17.4. The Hall–Kier alpha value is -2.74. The predicted octanol–water partition coefficient (Wildman–Crippen LogP) is 3.32. The Bertz CT molecular complexity index is 933. The Morgan fingerprint density at radius 1 is 1.32 bits per heavy atom. The van der Waals surface area contributed by atoms with Crippen LogP contribution in [0.5, 0.6) is 5.75 Å². The molecule has 2 amide bonds. The van der Waals surface area contributed by atoms with Crippen molar-refractivity contribution in [2.75, 3.05) is 11.9 Å². The molecule has 28 heavy (non-hydrogen) atoms. The van der Waals surface area contributed by atoms with Gasteiger partial charge in [-0.1, -0.05) is 11.6 Å². The zero-order chi connectivity index (χ0) is 20.6. The molecule has 0 aliphatic carbocycles. The zero-order valence-corrected chi connectivity index (χ0v) is 17.0. The summed E-state index contributed by atoms with van der Waals surface area (Å²) in [6.45, 7) is 6.11. The standard InChI is InChI=1S/C19H23ClN4O4/c1-19(2,3)28-18(27)24-8-7-13-12(10-24)16(23(4)22-13)17(26)21-14-9-11(20)5-6-15(14)25/h5-6,9,25H,7-8,10H2,1-4H3,(H,21,26). The number of rotatable bonds is 2. The summed E-state index contributed by atoms with van der Waals surface area (Å²) in [5.41, 5.74) is 1.35. The number of halogens is 1. The smallest absolute Gasteiger partial charge is 0.410 e. The molecule has 0 bridgehead atoms. The molecule has 0 saturated carbocycles. The lowest BCUT2D eigenvalue weighted by Gasteiger charge is -2.29. The summed E-state index contributed by atoms with van der Waals surface area (Å²) in [7, 11) is 1.67. The topological polar surface area (TPSA) is 96.7 Å². The maximum atomic E-state index is 12.9. The van der Waals surface area contributed by atoms with Crippen LogP contribution >= 0.6 is 11.6 Å². The Kier molecular flexibility index (Phi) is 5.25. The third kappa shape index (κ3) is 4.22. The molecule has 1 aromatic heterocycles. The van der Waals surface area contributed by atoms with Gasteiger partial charge < -0.3 is 20.1 Å². The molecule has 0 atom stereocenters. The molecular weight excluding hydrogens is 384 g/mol. The molecule has 0 saturated heterocycles. The number of fused-ring (bicyclic) bond motifs is 1. The summed E-state index contributed by atoms with van der Waals surface area (Å²) in [4.78, 5) is 26.8. The van der Waals surface area contributed by atoms with E-state index in [2.05, 4.69) is 10.4 Å². The lowest BCUT2D eigenvalue weighted by molar-refractivity contribution is 0.0222. The molecule has 1 aliphatic heterocycles. The summed E-state index contributed by atoms with van der Waals surface area (Å²) in [6.07, 6.45) is 0.0961. The van der Waals surface area contributed by atoms with Crippen LogP contribution in [0.2, 0.25) is 5.02 Å². The maximum Gasteiger partial charge on any atom is 0.410 e. The van der Waals surface area contributed by atoms with Crippen LogP contribution in [0.4, 0.5) is 10.5 Å². The van der Waals surface area contributed by atoms with Gasteiger partial charge in [0, 0.05) is 30.6 Å². The highest BCUT2D eigenvalue weighted by Gasteiger charge is 2.31. The van der Waals surface area contributed by atoms with Crippen LogP contribution in [-0.4, -0.2) is 43.9 Å². The molecule has 9 heteroatoms. The number of aryl methyl sites for hydroxylation is 1. The number of anilines is 1. The fourth-order valence-corrected chi connectivity index (χ4v) is 3.23. The minimum atomic E-state index is -0.601. The van der Waals surface area contributed by atoms with E-state index in [1.54, 1.807) is 32.7 Å². The van der Waals surface area contributed by atoms with Gasteiger partial charge in [-0.05, 0) is 39.0 Å². The molecule has 2 N–H and O–H groups in total. The van der Waals surface area contributed by atoms with Crippen LogP contribution in [0.15, 0.2) is 18.2 Å². The molecule has 150 valence electrons. The average molecular weight is 407 g/mol. The summed E-state index contributed by atoms with van der Waals surface area (Å²) < 4.78 is 6.92. The monoisotopic (exact) mass is 406 g/mol. The van der Waals surface area contributed by atoms with Crippen molar-refractivity contribution in [2.45, 2.75) is 39.3 Å². The lowest BCUT2D eigenvalue weighted by Crippen LogP contribution is -2.40. The first kappa shape index (κ1) is 20.0. The Morgan fingerprint density at radius 2 is 2.04 bits per heavy atom. The predicted molar refractivity (Wildman–Crippen MR) is 105 cm³/mol. The second-order valence-electron chi connectivity index (χ2n) is 7.66. The van der Waals surface area contributed by atoms with Gasteiger partial charge in [0.05, 0.1) is 17.9 Å². The highest BCUT2D eigenvalue weighted by Crippen LogP contribution is 2.29. The first-order valence-electron chi connectivity index (χ1n) is 8.87. The van der Waals surface area contributed by atoms with Crippen LogP contribution in [0.25, 0.3) is 0 Å². The number of carbonyl (C=O) groups is 2. The SMILES string of the molecule is Cn1nc2c(c1C(=O)Nc1cc(Cl)ccc1O)CN(C(=O)OC(C)(C)C)CC2. The van der Waals surface area contributed by atoms with Gasteiger partial charge in [-0.15, -0.1) is 0 Å². The number of carbonyl (C=O) groups excluding carboxylic acids is 2. The normalized spacial score (nSPS) is 13.8. The first-order chi connectivity index (χ1) is 13.0. The molecule has 1 aliphatic rings. The number of phenolic OH excluding ortho intramolecular Hbond substituents is 1. The van der Waals surface area contributed by atoms with Crippen LogP contribution in [-0.2, 0) is 24.8 Å². The van der Waals surface area contributed by atoms with Crippen LogP contribution in [0, 0.1) is 0 Å². The number of nitrogens with one attached hydrogen (secondary N) is 1. The van der Waals surface area contributed by atoms with Crippen molar-refractivity contribution in [3.8, 4) is 5.75 Å². The van der Waals surface area contributed by atoms with E-state index in [4.69, 9.17) is 16.3 Å². The fraction of sp³-hybridized carbons (Fsp3) is 0.421. The molecule has 0 radical (unpaired) electrons. The lowest BCUT2D eigenvalue weighted by atomic mass is 10.1. The molecule has 0 unspecified atom stereocenters. The molecule has 0 spiro atoms. The summed E-state index contributed by atoms with van der Waals surface area (Å²) in [6, 6.07) is 4.39. The van der Waals surface area contributed by atoms with E-state index in [0.29, 0.717) is 29.2 Å². The molecule has 2 aromatic rings. The largest absolute Gasteiger partial charge is 0.506 e. The second kappa shape index (κ2) is 7.35. The van der Waals surface area contributed by atoms with Crippen molar-refractivity contribution >= 4 is 29.3 Å². The Morgan fingerprint density at radius 3 is 2.71 bits per heavy atom. The molecule has 1 aromatic carbocycles. The average Bonchev–Trinajstić information content (AvgIpc) is 2.91. The van der Waals surface area contributed by atoms with E-state index < -0.39 is 17.6 Å². The summed E-state index contributed by atoms with van der Waals surface area (Å²) >= 11 is 5.94. The number of benzene rings is 1. The number of hydrogen-bond donors (Lipinski definition) is 2. The Labute approximate surface area is 168 Å². The van der Waals surface area contributed by atoms with Crippen LogP contribution in [0.1, 0.15) is 42.5 Å². The van der Waals surface area contributed by atoms with Gasteiger partial charge in [0.1, 0.15) is 17.0 Å². The Balaban J connectivity index is 1.85. The van der Waals surface area contributed by atoms with Crippen molar-refractivity contribution in [2.24, 2.45) is 7.05 Å².